The van der Waals surface area contributed by atoms with Crippen molar-refractivity contribution in [2.45, 2.75) is 20.4 Å². The van der Waals surface area contributed by atoms with Gasteiger partial charge < -0.3 is 15.8 Å². The Hall–Kier alpha value is -1.92. The molecule has 14 heavy (non-hydrogen) atoms. The van der Waals surface area contributed by atoms with Crippen molar-refractivity contribution in [3.63, 3.8) is 0 Å². The Labute approximate surface area is 79.7 Å². The molecule has 0 atom stereocenters. The lowest BCUT2D eigenvalue weighted by molar-refractivity contribution is -0.389. The lowest BCUT2D eigenvalue weighted by Crippen LogP contribution is -2.18. The van der Waals surface area contributed by atoms with Crippen LogP contribution in [0.5, 0.6) is 0 Å². The average Bonchev–Trinajstić information content (AvgIpc) is 2.42. The SMILES string of the molecule is CCn1c(C)nc([N+](=O)[O-])c1C(N)=O. The zero-order valence-electron chi connectivity index (χ0n) is 7.85. The number of carbonyl (C=O) groups is 1. The number of aromatic nitrogens is 2. The molecule has 7 nitrogen and oxygen atoms in total. The number of rotatable bonds is 3. The van der Waals surface area contributed by atoms with Crippen molar-refractivity contribution in [1.82, 2.24) is 9.55 Å². The molecule has 0 saturated carbocycles. The molecule has 0 aromatic carbocycles. The average molecular weight is 198 g/mol. The van der Waals surface area contributed by atoms with Crippen LogP contribution < -0.4 is 5.73 Å². The van der Waals surface area contributed by atoms with Gasteiger partial charge in [-0.1, -0.05) is 0 Å². The molecule has 0 aliphatic heterocycles. The largest absolute Gasteiger partial charge is 0.395 e. The number of nitrogens with zero attached hydrogens (tertiary/aromatic N) is 3. The molecule has 0 spiro atoms. The molecule has 1 amide bonds. The molecule has 0 bridgehead atoms. The number of amides is 1. The lowest BCUT2D eigenvalue weighted by atomic mass is 10.4. The summed E-state index contributed by atoms with van der Waals surface area (Å²) in [6.45, 7) is 3.76. The monoisotopic (exact) mass is 198 g/mol. The van der Waals surface area contributed by atoms with E-state index in [2.05, 4.69) is 4.98 Å². The van der Waals surface area contributed by atoms with Gasteiger partial charge in [0, 0.05) is 13.5 Å². The first-order valence-electron chi connectivity index (χ1n) is 4.00. The van der Waals surface area contributed by atoms with Gasteiger partial charge >= 0.3 is 5.82 Å². The molecular formula is C7H10N4O3. The van der Waals surface area contributed by atoms with Crippen molar-refractivity contribution in [3.8, 4) is 0 Å². The maximum Gasteiger partial charge on any atom is 0.395 e. The second-order valence-electron chi connectivity index (χ2n) is 2.70. The summed E-state index contributed by atoms with van der Waals surface area (Å²) in [4.78, 5) is 24.5. The van der Waals surface area contributed by atoms with Gasteiger partial charge in [0.15, 0.2) is 0 Å². The van der Waals surface area contributed by atoms with Gasteiger partial charge in [0.05, 0.1) is 0 Å². The van der Waals surface area contributed by atoms with E-state index >= 15 is 0 Å². The van der Waals surface area contributed by atoms with Crippen LogP contribution in [0, 0.1) is 17.0 Å². The molecule has 1 aromatic rings. The maximum absolute atomic E-state index is 11.0. The number of carbonyl (C=O) groups excluding carboxylic acids is 1. The molecule has 2 N–H and O–H groups in total. The van der Waals surface area contributed by atoms with Crippen molar-refractivity contribution < 1.29 is 9.72 Å². The lowest BCUT2D eigenvalue weighted by Gasteiger charge is -2.00. The van der Waals surface area contributed by atoms with Crippen LogP contribution in [-0.2, 0) is 6.54 Å². The van der Waals surface area contributed by atoms with Crippen molar-refractivity contribution in [3.05, 3.63) is 21.6 Å². The first-order chi connectivity index (χ1) is 6.49. The van der Waals surface area contributed by atoms with Gasteiger partial charge in [0.1, 0.15) is 0 Å². The molecule has 1 rings (SSSR count). The number of nitrogens with two attached hydrogens (primary N) is 1. The molecular weight excluding hydrogens is 188 g/mol. The molecule has 0 aliphatic rings. The predicted octanol–water partition coefficient (Wildman–Crippen LogP) is 0.219. The number of nitro groups is 1. The third kappa shape index (κ3) is 1.43. The van der Waals surface area contributed by atoms with Gasteiger partial charge in [-0.15, -0.1) is 0 Å². The van der Waals surface area contributed by atoms with Crippen LogP contribution in [0.1, 0.15) is 23.2 Å². The molecule has 0 radical (unpaired) electrons. The summed E-state index contributed by atoms with van der Waals surface area (Å²) < 4.78 is 1.42. The van der Waals surface area contributed by atoms with Gasteiger partial charge in [0.25, 0.3) is 5.91 Å². The third-order valence-corrected chi connectivity index (χ3v) is 1.86. The number of hydrogen-bond donors (Lipinski definition) is 1. The van der Waals surface area contributed by atoms with E-state index in [1.54, 1.807) is 13.8 Å². The Morgan fingerprint density at radius 3 is 2.64 bits per heavy atom. The van der Waals surface area contributed by atoms with Crippen LogP contribution in [0.4, 0.5) is 5.82 Å². The number of imidazole rings is 1. The van der Waals surface area contributed by atoms with Crippen LogP contribution in [0.2, 0.25) is 0 Å². The van der Waals surface area contributed by atoms with Crippen LogP contribution in [-0.4, -0.2) is 20.4 Å². The van der Waals surface area contributed by atoms with E-state index in [1.807, 2.05) is 0 Å². The molecule has 0 aliphatic carbocycles. The number of primary amides is 1. The quantitative estimate of drug-likeness (QED) is 0.553. The van der Waals surface area contributed by atoms with Crippen LogP contribution in [0.3, 0.4) is 0 Å². The summed E-state index contributed by atoms with van der Waals surface area (Å²) in [7, 11) is 0. The fourth-order valence-corrected chi connectivity index (χ4v) is 1.31. The number of aryl methyl sites for hydroxylation is 1. The highest BCUT2D eigenvalue weighted by atomic mass is 16.6. The van der Waals surface area contributed by atoms with Gasteiger partial charge in [-0.2, -0.15) is 0 Å². The Kier molecular flexibility index (Phi) is 2.50. The second kappa shape index (κ2) is 3.44. The zero-order chi connectivity index (χ0) is 10.9. The topological polar surface area (TPSA) is 104 Å². The van der Waals surface area contributed by atoms with E-state index in [0.717, 1.165) is 0 Å². The molecule has 1 heterocycles. The summed E-state index contributed by atoms with van der Waals surface area (Å²) in [6, 6.07) is 0. The minimum absolute atomic E-state index is 0.144. The fraction of sp³-hybridized carbons (Fsp3) is 0.429. The maximum atomic E-state index is 11.0. The summed E-state index contributed by atoms with van der Waals surface area (Å²) in [6.07, 6.45) is 0. The Morgan fingerprint density at radius 1 is 1.71 bits per heavy atom. The molecule has 0 fully saturated rings. The highest BCUT2D eigenvalue weighted by Crippen LogP contribution is 2.18. The van der Waals surface area contributed by atoms with Gasteiger partial charge in [-0.3, -0.25) is 9.36 Å². The first kappa shape index (κ1) is 10.2. The van der Waals surface area contributed by atoms with E-state index < -0.39 is 16.6 Å². The van der Waals surface area contributed by atoms with Gasteiger partial charge in [-0.05, 0) is 16.8 Å². The van der Waals surface area contributed by atoms with E-state index in [1.165, 1.54) is 4.57 Å². The second-order valence-corrected chi connectivity index (χ2v) is 2.70. The summed E-state index contributed by atoms with van der Waals surface area (Å²) >= 11 is 0. The molecule has 1 aromatic heterocycles. The van der Waals surface area contributed by atoms with Gasteiger partial charge in [-0.25, -0.2) is 0 Å². The normalized spacial score (nSPS) is 10.1. The van der Waals surface area contributed by atoms with Gasteiger partial charge in [0.2, 0.25) is 11.5 Å². The highest BCUT2D eigenvalue weighted by Gasteiger charge is 2.28. The third-order valence-electron chi connectivity index (χ3n) is 1.86. The Balaban J connectivity index is 3.45. The summed E-state index contributed by atoms with van der Waals surface area (Å²) in [5.74, 6) is -0.899. The van der Waals surface area contributed by atoms with Crippen LogP contribution in [0.15, 0.2) is 0 Å². The van der Waals surface area contributed by atoms with Crippen molar-refractivity contribution in [1.29, 1.82) is 0 Å². The molecule has 76 valence electrons. The standard InChI is InChI=1S/C7H10N4O3/c1-3-10-4(2)9-7(11(13)14)5(10)6(8)12/h3H2,1-2H3,(H2,8,12). The van der Waals surface area contributed by atoms with Crippen LogP contribution >= 0.6 is 0 Å². The first-order valence-corrected chi connectivity index (χ1v) is 4.00. The molecule has 0 unspecified atom stereocenters. The Morgan fingerprint density at radius 2 is 2.29 bits per heavy atom. The predicted molar refractivity (Wildman–Crippen MR) is 47.8 cm³/mol. The number of hydrogen-bond acceptors (Lipinski definition) is 4. The van der Waals surface area contributed by atoms with E-state index in [4.69, 9.17) is 5.73 Å². The van der Waals surface area contributed by atoms with Crippen molar-refractivity contribution in [2.24, 2.45) is 5.73 Å². The molecule has 0 saturated heterocycles. The fourth-order valence-electron chi connectivity index (χ4n) is 1.31. The minimum atomic E-state index is -0.834. The van der Waals surface area contributed by atoms with Crippen molar-refractivity contribution >= 4 is 11.7 Å². The van der Waals surface area contributed by atoms with E-state index in [-0.39, 0.29) is 5.69 Å². The van der Waals surface area contributed by atoms with Crippen LogP contribution in [0.25, 0.3) is 0 Å². The molecule has 7 heteroatoms. The smallest absolute Gasteiger partial charge is 0.364 e. The summed E-state index contributed by atoms with van der Waals surface area (Å²) in [5.41, 5.74) is 4.89. The van der Waals surface area contributed by atoms with E-state index in [0.29, 0.717) is 12.4 Å². The summed E-state index contributed by atoms with van der Waals surface area (Å²) in [5, 5.41) is 10.5. The Bertz CT molecular complexity index is 396. The van der Waals surface area contributed by atoms with Crippen molar-refractivity contribution in [2.75, 3.05) is 0 Å². The minimum Gasteiger partial charge on any atom is -0.364 e. The van der Waals surface area contributed by atoms with E-state index in [9.17, 15) is 14.9 Å². The highest BCUT2D eigenvalue weighted by molar-refractivity contribution is 5.94. The zero-order valence-corrected chi connectivity index (χ0v) is 7.85.